The molecule has 1 saturated heterocycles. The fourth-order valence-electron chi connectivity index (χ4n) is 2.85. The highest BCUT2D eigenvalue weighted by Gasteiger charge is 2.22. The number of epoxide rings is 1. The van der Waals surface area contributed by atoms with Crippen molar-refractivity contribution in [1.29, 1.82) is 0 Å². The first-order chi connectivity index (χ1) is 11.9. The Morgan fingerprint density at radius 2 is 1.79 bits per heavy atom. The second-order valence-corrected chi connectivity index (χ2v) is 6.85. The third-order valence-electron chi connectivity index (χ3n) is 4.48. The Hall–Kier alpha value is -1.28. The Labute approximate surface area is 148 Å². The first kappa shape index (κ1) is 19.1. The van der Waals surface area contributed by atoms with Crippen molar-refractivity contribution in [2.45, 2.75) is 77.2 Å². The fraction of sp³-hybridized carbons (Fsp3) is 0.636. The zero-order valence-electron chi connectivity index (χ0n) is 15.3. The molecule has 1 aromatic rings. The molecule has 0 bridgehead atoms. The largest absolute Gasteiger partial charge is 0.491 e. The highest BCUT2D eigenvalue weighted by molar-refractivity contribution is 5.29. The smallest absolute Gasteiger partial charge is 0.119 e. The van der Waals surface area contributed by atoms with Gasteiger partial charge in [0.05, 0.1) is 6.61 Å². The molecule has 0 spiro atoms. The standard InChI is InChI=1S/C22H34O2/c1-2-3-4-5-6-7-8-9-10-11-12-14-20-15-13-16-21(17-20)23-18-22-19-24-22/h11-13,15-17,22H,2-10,14,18-19H2,1H3/b12-11+. The summed E-state index contributed by atoms with van der Waals surface area (Å²) in [5.74, 6) is 0.958. The fourth-order valence-corrected chi connectivity index (χ4v) is 2.85. The third-order valence-corrected chi connectivity index (χ3v) is 4.48. The van der Waals surface area contributed by atoms with Crippen LogP contribution in [0.2, 0.25) is 0 Å². The quantitative estimate of drug-likeness (QED) is 0.234. The number of hydrogen-bond donors (Lipinski definition) is 0. The summed E-state index contributed by atoms with van der Waals surface area (Å²) >= 11 is 0. The Balaban J connectivity index is 1.49. The van der Waals surface area contributed by atoms with Gasteiger partial charge in [-0.3, -0.25) is 0 Å². The summed E-state index contributed by atoms with van der Waals surface area (Å²) in [6.07, 6.45) is 18.3. The van der Waals surface area contributed by atoms with Crippen LogP contribution in [0, 0.1) is 0 Å². The van der Waals surface area contributed by atoms with Gasteiger partial charge in [0.1, 0.15) is 18.5 Å². The van der Waals surface area contributed by atoms with Crippen molar-refractivity contribution < 1.29 is 9.47 Å². The van der Waals surface area contributed by atoms with Gasteiger partial charge in [-0.15, -0.1) is 0 Å². The van der Waals surface area contributed by atoms with Gasteiger partial charge in [-0.05, 0) is 37.0 Å². The molecule has 1 aromatic carbocycles. The molecule has 1 unspecified atom stereocenters. The molecule has 2 rings (SSSR count). The predicted molar refractivity (Wildman–Crippen MR) is 102 cm³/mol. The van der Waals surface area contributed by atoms with E-state index >= 15 is 0 Å². The maximum absolute atomic E-state index is 5.73. The van der Waals surface area contributed by atoms with Gasteiger partial charge < -0.3 is 9.47 Å². The van der Waals surface area contributed by atoms with E-state index in [0.717, 1.165) is 18.8 Å². The molecule has 1 aliphatic rings. The Morgan fingerprint density at radius 1 is 1.04 bits per heavy atom. The van der Waals surface area contributed by atoms with E-state index in [2.05, 4.69) is 37.3 Å². The van der Waals surface area contributed by atoms with Crippen LogP contribution >= 0.6 is 0 Å². The molecule has 0 aliphatic carbocycles. The molecule has 0 N–H and O–H groups in total. The van der Waals surface area contributed by atoms with Crippen LogP contribution in [0.15, 0.2) is 36.4 Å². The molecule has 134 valence electrons. The van der Waals surface area contributed by atoms with Crippen molar-refractivity contribution in [3.63, 3.8) is 0 Å². The molecule has 2 heteroatoms. The minimum Gasteiger partial charge on any atom is -0.491 e. The van der Waals surface area contributed by atoms with Gasteiger partial charge in [0, 0.05) is 0 Å². The normalized spacial score (nSPS) is 16.6. The maximum atomic E-state index is 5.73. The van der Waals surface area contributed by atoms with Crippen LogP contribution in [0.4, 0.5) is 0 Å². The molecule has 0 aromatic heterocycles. The van der Waals surface area contributed by atoms with E-state index in [4.69, 9.17) is 9.47 Å². The highest BCUT2D eigenvalue weighted by Crippen LogP contribution is 2.17. The van der Waals surface area contributed by atoms with Gasteiger partial charge >= 0.3 is 0 Å². The average molecular weight is 331 g/mol. The van der Waals surface area contributed by atoms with E-state index in [9.17, 15) is 0 Å². The van der Waals surface area contributed by atoms with Crippen LogP contribution in [0.5, 0.6) is 5.75 Å². The number of ether oxygens (including phenoxy) is 2. The molecule has 1 atom stereocenters. The SMILES string of the molecule is CCCCCCCCCC/C=C/Cc1cccc(OCC2CO2)c1. The Kier molecular flexibility index (Phi) is 9.63. The highest BCUT2D eigenvalue weighted by atomic mass is 16.6. The summed E-state index contributed by atoms with van der Waals surface area (Å²) in [6.45, 7) is 3.80. The van der Waals surface area contributed by atoms with Gasteiger partial charge in [0.2, 0.25) is 0 Å². The summed E-state index contributed by atoms with van der Waals surface area (Å²) in [5.41, 5.74) is 1.32. The number of benzene rings is 1. The van der Waals surface area contributed by atoms with Crippen LogP contribution in [-0.4, -0.2) is 19.3 Å². The third kappa shape index (κ3) is 9.12. The van der Waals surface area contributed by atoms with E-state index in [0.29, 0.717) is 12.7 Å². The van der Waals surface area contributed by atoms with E-state index < -0.39 is 0 Å². The topological polar surface area (TPSA) is 21.8 Å². The van der Waals surface area contributed by atoms with Gasteiger partial charge in [0.15, 0.2) is 0 Å². The zero-order chi connectivity index (χ0) is 16.9. The molecular weight excluding hydrogens is 296 g/mol. The first-order valence-electron chi connectivity index (χ1n) is 9.87. The second kappa shape index (κ2) is 12.1. The molecule has 0 saturated carbocycles. The minimum atomic E-state index is 0.320. The number of unbranched alkanes of at least 4 members (excludes halogenated alkanes) is 8. The predicted octanol–water partition coefficient (Wildman–Crippen LogP) is 6.09. The molecule has 0 amide bonds. The molecule has 1 heterocycles. The molecule has 1 aliphatic heterocycles. The van der Waals surface area contributed by atoms with Crippen LogP contribution in [-0.2, 0) is 11.2 Å². The molecular formula is C22H34O2. The van der Waals surface area contributed by atoms with Crippen molar-refractivity contribution in [2.24, 2.45) is 0 Å². The number of hydrogen-bond acceptors (Lipinski definition) is 2. The van der Waals surface area contributed by atoms with Crippen molar-refractivity contribution in [3.05, 3.63) is 42.0 Å². The van der Waals surface area contributed by atoms with Crippen molar-refractivity contribution >= 4 is 0 Å². The molecule has 2 nitrogen and oxygen atoms in total. The van der Waals surface area contributed by atoms with Crippen LogP contribution in [0.1, 0.15) is 70.3 Å². The lowest BCUT2D eigenvalue weighted by Gasteiger charge is -2.05. The van der Waals surface area contributed by atoms with Crippen LogP contribution < -0.4 is 4.74 Å². The lowest BCUT2D eigenvalue weighted by atomic mass is 10.1. The van der Waals surface area contributed by atoms with E-state index in [1.54, 1.807) is 0 Å². The zero-order valence-corrected chi connectivity index (χ0v) is 15.3. The van der Waals surface area contributed by atoms with E-state index in [-0.39, 0.29) is 0 Å². The van der Waals surface area contributed by atoms with E-state index in [1.165, 1.54) is 63.4 Å². The lowest BCUT2D eigenvalue weighted by Crippen LogP contribution is -2.04. The second-order valence-electron chi connectivity index (χ2n) is 6.85. The van der Waals surface area contributed by atoms with Crippen molar-refractivity contribution in [2.75, 3.05) is 13.2 Å². The van der Waals surface area contributed by atoms with Crippen molar-refractivity contribution in [3.8, 4) is 5.75 Å². The number of allylic oxidation sites excluding steroid dienone is 2. The van der Waals surface area contributed by atoms with Gasteiger partial charge in [-0.1, -0.05) is 76.2 Å². The molecule has 1 fully saturated rings. The van der Waals surface area contributed by atoms with Crippen LogP contribution in [0.3, 0.4) is 0 Å². The minimum absolute atomic E-state index is 0.320. The maximum Gasteiger partial charge on any atom is 0.119 e. The number of rotatable bonds is 14. The average Bonchev–Trinajstić information content (AvgIpc) is 3.43. The Morgan fingerprint density at radius 3 is 2.54 bits per heavy atom. The monoisotopic (exact) mass is 330 g/mol. The first-order valence-corrected chi connectivity index (χ1v) is 9.87. The summed E-state index contributed by atoms with van der Waals surface area (Å²) in [6, 6.07) is 8.41. The lowest BCUT2D eigenvalue weighted by molar-refractivity contribution is 0.263. The van der Waals surface area contributed by atoms with Gasteiger partial charge in [0.25, 0.3) is 0 Å². The van der Waals surface area contributed by atoms with Gasteiger partial charge in [-0.25, -0.2) is 0 Å². The van der Waals surface area contributed by atoms with E-state index in [1.807, 2.05) is 6.07 Å². The van der Waals surface area contributed by atoms with Crippen molar-refractivity contribution in [1.82, 2.24) is 0 Å². The molecule has 24 heavy (non-hydrogen) atoms. The summed E-state index contributed by atoms with van der Waals surface area (Å²) in [5, 5.41) is 0. The summed E-state index contributed by atoms with van der Waals surface area (Å²) < 4.78 is 10.9. The van der Waals surface area contributed by atoms with Crippen LogP contribution in [0.25, 0.3) is 0 Å². The molecule has 0 radical (unpaired) electrons. The van der Waals surface area contributed by atoms with Gasteiger partial charge in [-0.2, -0.15) is 0 Å². The Bertz CT molecular complexity index is 463. The summed E-state index contributed by atoms with van der Waals surface area (Å²) in [7, 11) is 0. The summed E-state index contributed by atoms with van der Waals surface area (Å²) in [4.78, 5) is 0.